The van der Waals surface area contributed by atoms with E-state index in [1.807, 2.05) is 6.07 Å². The zero-order valence-electron chi connectivity index (χ0n) is 11.5. The summed E-state index contributed by atoms with van der Waals surface area (Å²) in [5.41, 5.74) is 6.03. The van der Waals surface area contributed by atoms with Crippen molar-refractivity contribution >= 4 is 23.2 Å². The van der Waals surface area contributed by atoms with Crippen LogP contribution in [0.4, 0.5) is 5.69 Å². The topological polar surface area (TPSA) is 79.9 Å². The molecular formula is C14H20ClN3O2. The minimum absolute atomic E-state index is 0.314. The van der Waals surface area contributed by atoms with E-state index in [9.17, 15) is 5.11 Å². The highest BCUT2D eigenvalue weighted by atomic mass is 35.5. The van der Waals surface area contributed by atoms with Gasteiger partial charge in [0.25, 0.3) is 0 Å². The number of guanidine groups is 1. The van der Waals surface area contributed by atoms with Crippen LogP contribution in [0.25, 0.3) is 0 Å². The third kappa shape index (κ3) is 3.77. The predicted octanol–water partition coefficient (Wildman–Crippen LogP) is 2.38. The van der Waals surface area contributed by atoms with Crippen molar-refractivity contribution in [2.24, 2.45) is 10.7 Å². The number of halogens is 1. The molecule has 0 aliphatic heterocycles. The van der Waals surface area contributed by atoms with Crippen molar-refractivity contribution in [2.75, 3.05) is 19.0 Å². The van der Waals surface area contributed by atoms with Gasteiger partial charge in [-0.05, 0) is 43.9 Å². The molecule has 0 heterocycles. The van der Waals surface area contributed by atoms with Crippen molar-refractivity contribution in [3.63, 3.8) is 0 Å². The number of nitrogens with zero attached hydrogens (tertiary/aromatic N) is 1. The van der Waals surface area contributed by atoms with Crippen molar-refractivity contribution in [2.45, 2.75) is 31.3 Å². The van der Waals surface area contributed by atoms with Crippen LogP contribution in [0.2, 0.25) is 5.02 Å². The number of rotatable bonds is 5. The van der Waals surface area contributed by atoms with E-state index in [1.165, 1.54) is 0 Å². The summed E-state index contributed by atoms with van der Waals surface area (Å²) in [5.74, 6) is 0.925. The maximum Gasteiger partial charge on any atom is 0.193 e. The average Bonchev–Trinajstić information content (AvgIpc) is 2.37. The van der Waals surface area contributed by atoms with Gasteiger partial charge in [-0.2, -0.15) is 0 Å². The molecule has 6 heteroatoms. The van der Waals surface area contributed by atoms with E-state index in [1.54, 1.807) is 19.2 Å². The van der Waals surface area contributed by atoms with Crippen LogP contribution in [0, 0.1) is 0 Å². The number of benzene rings is 1. The monoisotopic (exact) mass is 297 g/mol. The van der Waals surface area contributed by atoms with Crippen LogP contribution in [-0.2, 0) is 0 Å². The van der Waals surface area contributed by atoms with Gasteiger partial charge in [0.05, 0.1) is 17.7 Å². The molecule has 5 nitrogen and oxygen atoms in total. The van der Waals surface area contributed by atoms with E-state index < -0.39 is 5.60 Å². The predicted molar refractivity (Wildman–Crippen MR) is 81.5 cm³/mol. The second kappa shape index (κ2) is 6.33. The molecule has 1 aromatic carbocycles. The molecule has 2 rings (SSSR count). The van der Waals surface area contributed by atoms with Gasteiger partial charge in [0.1, 0.15) is 5.75 Å². The minimum atomic E-state index is -0.521. The van der Waals surface area contributed by atoms with Crippen LogP contribution in [0.3, 0.4) is 0 Å². The van der Waals surface area contributed by atoms with Crippen LogP contribution < -0.4 is 15.8 Å². The first kappa shape index (κ1) is 14.9. The molecule has 110 valence electrons. The zero-order valence-corrected chi connectivity index (χ0v) is 12.3. The second-order valence-corrected chi connectivity index (χ2v) is 5.48. The van der Waals surface area contributed by atoms with Gasteiger partial charge in [-0.1, -0.05) is 11.6 Å². The summed E-state index contributed by atoms with van der Waals surface area (Å²) in [6.07, 6.45) is 3.48. The molecule has 0 saturated heterocycles. The van der Waals surface area contributed by atoms with E-state index >= 15 is 0 Å². The Morgan fingerprint density at radius 2 is 2.30 bits per heavy atom. The van der Waals surface area contributed by atoms with Gasteiger partial charge in [-0.3, -0.25) is 4.99 Å². The van der Waals surface area contributed by atoms with E-state index in [0.717, 1.165) is 24.9 Å². The van der Waals surface area contributed by atoms with E-state index in [-0.39, 0.29) is 0 Å². The van der Waals surface area contributed by atoms with Crippen molar-refractivity contribution in [1.29, 1.82) is 0 Å². The van der Waals surface area contributed by atoms with Gasteiger partial charge in [-0.25, -0.2) is 0 Å². The SMILES string of the molecule is COc1ccc(NC(N)=NCCC2(O)CCC2)cc1Cl. The summed E-state index contributed by atoms with van der Waals surface area (Å²) in [5, 5.41) is 13.4. The molecule has 1 aromatic rings. The number of hydrogen-bond acceptors (Lipinski definition) is 3. The first-order valence-corrected chi connectivity index (χ1v) is 7.03. The Bertz CT molecular complexity index is 501. The molecule has 0 aromatic heterocycles. The summed E-state index contributed by atoms with van der Waals surface area (Å²) >= 11 is 6.02. The van der Waals surface area contributed by atoms with Crippen molar-refractivity contribution < 1.29 is 9.84 Å². The highest BCUT2D eigenvalue weighted by molar-refractivity contribution is 6.32. The lowest BCUT2D eigenvalue weighted by atomic mass is 9.78. The Labute approximate surface area is 123 Å². The summed E-state index contributed by atoms with van der Waals surface area (Å²) < 4.78 is 5.08. The van der Waals surface area contributed by atoms with Gasteiger partial charge in [-0.15, -0.1) is 0 Å². The molecule has 1 aliphatic rings. The molecule has 0 radical (unpaired) electrons. The van der Waals surface area contributed by atoms with Gasteiger partial charge in [0.2, 0.25) is 0 Å². The largest absolute Gasteiger partial charge is 0.495 e. The molecule has 4 N–H and O–H groups in total. The zero-order chi connectivity index (χ0) is 14.6. The average molecular weight is 298 g/mol. The molecule has 0 atom stereocenters. The Hall–Kier alpha value is -1.46. The quantitative estimate of drug-likeness (QED) is 0.576. The molecule has 0 unspecified atom stereocenters. The Morgan fingerprint density at radius 1 is 1.55 bits per heavy atom. The summed E-state index contributed by atoms with van der Waals surface area (Å²) in [6.45, 7) is 0.513. The lowest BCUT2D eigenvalue weighted by Gasteiger charge is -2.36. The molecular weight excluding hydrogens is 278 g/mol. The first-order valence-electron chi connectivity index (χ1n) is 6.65. The van der Waals surface area contributed by atoms with Crippen LogP contribution in [-0.4, -0.2) is 30.3 Å². The fourth-order valence-electron chi connectivity index (χ4n) is 2.15. The molecule has 1 saturated carbocycles. The van der Waals surface area contributed by atoms with Crippen LogP contribution >= 0.6 is 11.6 Å². The number of ether oxygens (including phenoxy) is 1. The Morgan fingerprint density at radius 3 is 2.85 bits per heavy atom. The molecule has 1 aliphatic carbocycles. The fourth-order valence-corrected chi connectivity index (χ4v) is 2.41. The van der Waals surface area contributed by atoms with Crippen molar-refractivity contribution in [3.8, 4) is 5.75 Å². The number of nitrogens with one attached hydrogen (secondary N) is 1. The summed E-state index contributed by atoms with van der Waals surface area (Å²) in [6, 6.07) is 5.30. The second-order valence-electron chi connectivity index (χ2n) is 5.07. The highest BCUT2D eigenvalue weighted by Crippen LogP contribution is 2.34. The van der Waals surface area contributed by atoms with Gasteiger partial charge in [0.15, 0.2) is 5.96 Å². The lowest BCUT2D eigenvalue weighted by molar-refractivity contribution is -0.0377. The van der Waals surface area contributed by atoms with Crippen LogP contribution in [0.5, 0.6) is 5.75 Å². The first-order chi connectivity index (χ1) is 9.52. The van der Waals surface area contributed by atoms with Crippen LogP contribution in [0.1, 0.15) is 25.7 Å². The number of aliphatic hydroxyl groups is 1. The molecule has 0 amide bonds. The van der Waals surface area contributed by atoms with Crippen LogP contribution in [0.15, 0.2) is 23.2 Å². The Kier molecular flexibility index (Phi) is 4.73. The van der Waals surface area contributed by atoms with Gasteiger partial charge < -0.3 is 20.9 Å². The maximum atomic E-state index is 9.94. The number of anilines is 1. The molecule has 20 heavy (non-hydrogen) atoms. The van der Waals surface area contributed by atoms with Crippen molar-refractivity contribution in [1.82, 2.24) is 0 Å². The van der Waals surface area contributed by atoms with Crippen molar-refractivity contribution in [3.05, 3.63) is 23.2 Å². The molecule has 1 fully saturated rings. The highest BCUT2D eigenvalue weighted by Gasteiger charge is 2.33. The van der Waals surface area contributed by atoms with Gasteiger partial charge >= 0.3 is 0 Å². The summed E-state index contributed by atoms with van der Waals surface area (Å²) in [7, 11) is 1.56. The number of hydrogen-bond donors (Lipinski definition) is 3. The number of aliphatic imine (C=N–C) groups is 1. The van der Waals surface area contributed by atoms with E-state index in [0.29, 0.717) is 29.7 Å². The molecule has 0 bridgehead atoms. The van der Waals surface area contributed by atoms with E-state index in [2.05, 4.69) is 10.3 Å². The summed E-state index contributed by atoms with van der Waals surface area (Å²) in [4.78, 5) is 4.21. The normalized spacial score (nSPS) is 17.4. The third-order valence-corrected chi connectivity index (χ3v) is 3.86. The third-order valence-electron chi connectivity index (χ3n) is 3.57. The van der Waals surface area contributed by atoms with Gasteiger partial charge in [0, 0.05) is 12.2 Å². The minimum Gasteiger partial charge on any atom is -0.495 e. The number of nitrogens with two attached hydrogens (primary N) is 1. The lowest BCUT2D eigenvalue weighted by Crippen LogP contribution is -2.37. The maximum absolute atomic E-state index is 9.94. The molecule has 0 spiro atoms. The van der Waals surface area contributed by atoms with E-state index in [4.69, 9.17) is 22.1 Å². The Balaban J connectivity index is 1.86. The fraction of sp³-hybridized carbons (Fsp3) is 0.500. The smallest absolute Gasteiger partial charge is 0.193 e. The standard InChI is InChI=1S/C14H20ClN3O2/c1-20-12-4-3-10(9-11(12)15)18-13(16)17-8-7-14(19)5-2-6-14/h3-4,9,19H,2,5-8H2,1H3,(H3,16,17,18). The number of methoxy groups -OCH3 is 1.